The van der Waals surface area contributed by atoms with Crippen molar-refractivity contribution >= 4 is 65.6 Å². The average Bonchev–Trinajstić information content (AvgIpc) is 1.60. The zero-order valence-electron chi connectivity index (χ0n) is 49.0. The molecule has 0 unspecified atom stereocenters. The smallest absolute Gasteiger partial charge is 0.0725 e. The molecule has 13 aromatic rings. The fourth-order valence-electron chi connectivity index (χ4n) is 15.8. The number of benzene rings is 12. The van der Waals surface area contributed by atoms with Gasteiger partial charge < -0.3 is 9.80 Å². The molecule has 1 aromatic heterocycles. The van der Waals surface area contributed by atoms with E-state index in [-0.39, 0.29) is 10.8 Å². The van der Waals surface area contributed by atoms with Crippen LogP contribution in [0.5, 0.6) is 0 Å². The molecule has 17 rings (SSSR count). The van der Waals surface area contributed by atoms with Gasteiger partial charge in [0.2, 0.25) is 0 Å². The van der Waals surface area contributed by atoms with Crippen LogP contribution in [0.4, 0.5) is 34.1 Å². The predicted octanol–water partition coefficient (Wildman–Crippen LogP) is 22.5. The van der Waals surface area contributed by atoms with E-state index in [2.05, 4.69) is 307 Å². The lowest BCUT2D eigenvalue weighted by Crippen LogP contribution is -2.25. The SMILES string of the molecule is Cc1ccc2c(c1)C(C)(C)c1cc(N(c3ccc(-c4ccc(N(c5ccc6c(c5)-c5ccccc5C65c6ccccc6-c6ccccc65)c5ccc6c(c5)sc5ccccc56)cc4)c(C)c3)c3ccc4c(c3)C(C)(C)c3cc(C)ccc3-4)ccc1-2. The van der Waals surface area contributed by atoms with Crippen LogP contribution in [-0.2, 0) is 16.2 Å². The van der Waals surface area contributed by atoms with Crippen molar-refractivity contribution in [2.24, 2.45) is 0 Å². The maximum absolute atomic E-state index is 2.50. The molecule has 4 aliphatic rings. The Morgan fingerprint density at radius 2 is 0.659 bits per heavy atom. The summed E-state index contributed by atoms with van der Waals surface area (Å²) >= 11 is 1.87. The van der Waals surface area contributed by atoms with E-state index in [1.807, 2.05) is 11.3 Å². The van der Waals surface area contributed by atoms with E-state index in [4.69, 9.17) is 0 Å². The number of nitrogens with zero attached hydrogens (tertiary/aromatic N) is 2. The molecule has 0 fully saturated rings. The van der Waals surface area contributed by atoms with Gasteiger partial charge in [-0.1, -0.05) is 209 Å². The van der Waals surface area contributed by atoms with Crippen LogP contribution in [0.1, 0.15) is 88.9 Å². The van der Waals surface area contributed by atoms with Gasteiger partial charge in [0.05, 0.1) is 5.41 Å². The van der Waals surface area contributed by atoms with Gasteiger partial charge in [-0.25, -0.2) is 0 Å². The molecule has 1 heterocycles. The summed E-state index contributed by atoms with van der Waals surface area (Å²) in [6.07, 6.45) is 0. The van der Waals surface area contributed by atoms with Crippen molar-refractivity contribution in [1.29, 1.82) is 0 Å². The number of hydrogen-bond acceptors (Lipinski definition) is 3. The molecule has 0 N–H and O–H groups in total. The Balaban J connectivity index is 0.782. The third kappa shape index (κ3) is 7.05. The van der Waals surface area contributed by atoms with Gasteiger partial charge >= 0.3 is 0 Å². The molecule has 3 heteroatoms. The molecule has 0 amide bonds. The van der Waals surface area contributed by atoms with Crippen LogP contribution in [0.3, 0.4) is 0 Å². The quantitative estimate of drug-likeness (QED) is 0.157. The molecular formula is C82H62N2S. The molecule has 12 aromatic carbocycles. The highest BCUT2D eigenvalue weighted by Gasteiger charge is 2.51. The molecule has 85 heavy (non-hydrogen) atoms. The molecule has 406 valence electrons. The van der Waals surface area contributed by atoms with Crippen molar-refractivity contribution < 1.29 is 0 Å². The predicted molar refractivity (Wildman–Crippen MR) is 360 cm³/mol. The van der Waals surface area contributed by atoms with Gasteiger partial charge in [0, 0.05) is 65.1 Å². The lowest BCUT2D eigenvalue weighted by atomic mass is 9.70. The molecule has 0 saturated heterocycles. The number of hydrogen-bond donors (Lipinski definition) is 0. The number of fused-ring (bicyclic) bond motifs is 19. The first-order valence-electron chi connectivity index (χ1n) is 30.0. The normalized spacial score (nSPS) is 14.6. The van der Waals surface area contributed by atoms with Gasteiger partial charge in [0.1, 0.15) is 0 Å². The summed E-state index contributed by atoms with van der Waals surface area (Å²) in [5, 5.41) is 2.60. The zero-order valence-corrected chi connectivity index (χ0v) is 49.8. The molecule has 4 aliphatic carbocycles. The summed E-state index contributed by atoms with van der Waals surface area (Å²) < 4.78 is 2.59. The Morgan fingerprint density at radius 3 is 1.24 bits per heavy atom. The van der Waals surface area contributed by atoms with Crippen LogP contribution in [0.2, 0.25) is 0 Å². The van der Waals surface area contributed by atoms with Crippen LogP contribution in [0, 0.1) is 20.8 Å². The molecular weight excluding hydrogens is 1040 g/mol. The van der Waals surface area contributed by atoms with Crippen molar-refractivity contribution in [2.75, 3.05) is 9.80 Å². The second-order valence-corrected chi connectivity index (χ2v) is 26.5. The highest BCUT2D eigenvalue weighted by atomic mass is 32.1. The summed E-state index contributed by atoms with van der Waals surface area (Å²) in [6, 6.07) is 95.1. The molecule has 0 atom stereocenters. The second-order valence-electron chi connectivity index (χ2n) is 25.4. The third-order valence-electron chi connectivity index (χ3n) is 19.9. The van der Waals surface area contributed by atoms with E-state index in [0.29, 0.717) is 0 Å². The first-order valence-corrected chi connectivity index (χ1v) is 30.9. The van der Waals surface area contributed by atoms with E-state index >= 15 is 0 Å². The zero-order chi connectivity index (χ0) is 57.3. The molecule has 2 nitrogen and oxygen atoms in total. The van der Waals surface area contributed by atoms with Crippen molar-refractivity contribution in [3.8, 4) is 55.6 Å². The fraction of sp³-hybridized carbons (Fsp3) is 0.122. The lowest BCUT2D eigenvalue weighted by Gasteiger charge is -2.31. The topological polar surface area (TPSA) is 6.48 Å². The number of aryl methyl sites for hydroxylation is 3. The first-order chi connectivity index (χ1) is 41.4. The minimum absolute atomic E-state index is 0.144. The standard InChI is InChI=1S/C82H62N2S/c1-49-24-35-63-65-38-31-56(46-76(65)80(4,5)74(63)42-49)84(57-32-39-66-64-36-25-50(2)43-75(64)81(6,7)77(66)47-57)54-30-37-59(51(3)44-54)52-26-28-53(29-27-52)83(58-33-40-68-67-19-11-15-23-78(67)85-79(68)48-58)55-34-41-73-69(45-55)62-18-10-14-22-72(62)82(73)70-20-12-8-16-60(70)61-17-9-13-21-71(61)82/h8-48H,1-7H3. The van der Waals surface area contributed by atoms with Crippen LogP contribution < -0.4 is 9.80 Å². The van der Waals surface area contributed by atoms with Crippen LogP contribution in [0.25, 0.3) is 75.8 Å². The van der Waals surface area contributed by atoms with Gasteiger partial charge in [-0.05, 0) is 205 Å². The number of anilines is 6. The van der Waals surface area contributed by atoms with Gasteiger partial charge in [-0.2, -0.15) is 0 Å². The summed E-state index contributed by atoms with van der Waals surface area (Å²) in [5.74, 6) is 0. The summed E-state index contributed by atoms with van der Waals surface area (Å²) in [4.78, 5) is 4.97. The average molecular weight is 1110 g/mol. The van der Waals surface area contributed by atoms with Crippen molar-refractivity contribution in [1.82, 2.24) is 0 Å². The van der Waals surface area contributed by atoms with Crippen molar-refractivity contribution in [3.05, 3.63) is 310 Å². The molecule has 0 radical (unpaired) electrons. The Kier molecular flexibility index (Phi) is 10.6. The van der Waals surface area contributed by atoms with E-state index in [1.54, 1.807) is 0 Å². The van der Waals surface area contributed by atoms with Gasteiger partial charge in [-0.15, -0.1) is 11.3 Å². The number of rotatable bonds is 7. The van der Waals surface area contributed by atoms with E-state index in [0.717, 1.165) is 34.1 Å². The fourth-order valence-corrected chi connectivity index (χ4v) is 17.0. The van der Waals surface area contributed by atoms with E-state index in [9.17, 15) is 0 Å². The Bertz CT molecular complexity index is 4850. The Morgan fingerprint density at radius 1 is 0.271 bits per heavy atom. The molecule has 0 saturated carbocycles. The maximum Gasteiger partial charge on any atom is 0.0725 e. The highest BCUT2D eigenvalue weighted by Crippen LogP contribution is 2.64. The summed E-state index contributed by atoms with van der Waals surface area (Å²) in [7, 11) is 0. The van der Waals surface area contributed by atoms with Crippen molar-refractivity contribution in [2.45, 2.75) is 64.7 Å². The second kappa shape index (κ2) is 18.0. The molecule has 0 aliphatic heterocycles. The van der Waals surface area contributed by atoms with Gasteiger partial charge in [-0.3, -0.25) is 0 Å². The first kappa shape index (κ1) is 50.0. The minimum atomic E-state index is -0.404. The highest BCUT2D eigenvalue weighted by molar-refractivity contribution is 7.25. The van der Waals surface area contributed by atoms with Gasteiger partial charge in [0.15, 0.2) is 0 Å². The van der Waals surface area contributed by atoms with E-state index in [1.165, 1.54) is 137 Å². The van der Waals surface area contributed by atoms with Crippen molar-refractivity contribution in [3.63, 3.8) is 0 Å². The molecule has 0 bridgehead atoms. The lowest BCUT2D eigenvalue weighted by molar-refractivity contribution is 0.659. The van der Waals surface area contributed by atoms with Crippen LogP contribution in [-0.4, -0.2) is 0 Å². The summed E-state index contributed by atoms with van der Waals surface area (Å²) in [5.41, 5.74) is 33.8. The third-order valence-corrected chi connectivity index (χ3v) is 21.0. The summed E-state index contributed by atoms with van der Waals surface area (Å²) in [6.45, 7) is 16.3. The number of thiophene rings is 1. The largest absolute Gasteiger partial charge is 0.310 e. The Hall–Kier alpha value is -9.54. The molecule has 1 spiro atoms. The van der Waals surface area contributed by atoms with Gasteiger partial charge in [0.25, 0.3) is 0 Å². The minimum Gasteiger partial charge on any atom is -0.310 e. The van der Waals surface area contributed by atoms with E-state index < -0.39 is 5.41 Å². The maximum atomic E-state index is 2.50. The monoisotopic (exact) mass is 1110 g/mol. The Labute approximate surface area is 502 Å². The van der Waals surface area contributed by atoms with Crippen LogP contribution in [0.15, 0.2) is 249 Å². The van der Waals surface area contributed by atoms with Crippen LogP contribution >= 0.6 is 11.3 Å².